The Kier molecular flexibility index (Phi) is 2.79. The number of thiophene rings is 1. The maximum absolute atomic E-state index is 2.38. The third-order valence-electron chi connectivity index (χ3n) is 3.76. The van der Waals surface area contributed by atoms with Gasteiger partial charge in [-0.3, -0.25) is 0 Å². The summed E-state index contributed by atoms with van der Waals surface area (Å²) in [4.78, 5) is 0. The summed E-state index contributed by atoms with van der Waals surface area (Å²) in [5.41, 5.74) is 1.35. The van der Waals surface area contributed by atoms with E-state index in [-0.39, 0.29) is 0 Å². The molecular weight excluding hydrogens is 260 g/mol. The summed E-state index contributed by atoms with van der Waals surface area (Å²) < 4.78 is 2.75. The van der Waals surface area contributed by atoms with Crippen LogP contribution in [0.15, 0.2) is 66.7 Å². The maximum Gasteiger partial charge on any atom is 0.0355 e. The van der Waals surface area contributed by atoms with Gasteiger partial charge >= 0.3 is 0 Å². The molecule has 0 N–H and O–H groups in total. The predicted octanol–water partition coefficient (Wildman–Crippen LogP) is 3.82. The average Bonchev–Trinajstić information content (AvgIpc) is 2.71. The van der Waals surface area contributed by atoms with Crippen LogP contribution in [0.3, 0.4) is 0 Å². The lowest BCUT2D eigenvalue weighted by molar-refractivity contribution is 1.15. The van der Waals surface area contributed by atoms with E-state index in [2.05, 4.69) is 78.9 Å². The highest BCUT2D eigenvalue weighted by Crippen LogP contribution is 2.21. The molecule has 1 atom stereocenters. The van der Waals surface area contributed by atoms with Crippen molar-refractivity contribution in [3.05, 3.63) is 82.1 Å². The van der Waals surface area contributed by atoms with Crippen molar-refractivity contribution < 1.29 is 0 Å². The Hall–Kier alpha value is -2.12. The van der Waals surface area contributed by atoms with Crippen molar-refractivity contribution in [3.63, 3.8) is 0 Å². The van der Waals surface area contributed by atoms with E-state index in [9.17, 15) is 0 Å². The largest absolute Gasteiger partial charge is 0.135 e. The van der Waals surface area contributed by atoms with Gasteiger partial charge in [0, 0.05) is 25.8 Å². The molecule has 1 aromatic heterocycles. The van der Waals surface area contributed by atoms with Crippen molar-refractivity contribution in [2.24, 2.45) is 0 Å². The summed E-state index contributed by atoms with van der Waals surface area (Å²) in [5, 5.41) is 2.72. The summed E-state index contributed by atoms with van der Waals surface area (Å²) in [7, 11) is 0. The van der Waals surface area contributed by atoms with E-state index < -0.39 is 0 Å². The van der Waals surface area contributed by atoms with E-state index in [1.54, 1.807) is 0 Å². The molecule has 4 rings (SSSR count). The van der Waals surface area contributed by atoms with Crippen molar-refractivity contribution >= 4 is 33.6 Å². The van der Waals surface area contributed by atoms with Gasteiger partial charge in [0.2, 0.25) is 0 Å². The molecule has 0 radical (unpaired) electrons. The van der Waals surface area contributed by atoms with Gasteiger partial charge in [-0.15, -0.1) is 11.3 Å². The van der Waals surface area contributed by atoms with Crippen LogP contribution >= 0.6 is 11.3 Å². The number of fused-ring (bicyclic) bond motifs is 3. The predicted molar refractivity (Wildman–Crippen MR) is 88.3 cm³/mol. The lowest BCUT2D eigenvalue weighted by atomic mass is 9.99. The number of hydrogen-bond donors (Lipinski definition) is 0. The van der Waals surface area contributed by atoms with E-state index in [0.29, 0.717) is 5.92 Å². The molecule has 0 spiro atoms. The second-order valence-electron chi connectivity index (χ2n) is 5.03. The first kappa shape index (κ1) is 11.7. The van der Waals surface area contributed by atoms with Crippen LogP contribution in [0.25, 0.3) is 22.2 Å². The first-order valence-corrected chi connectivity index (χ1v) is 7.66. The zero-order valence-electron chi connectivity index (χ0n) is 11.0. The smallest absolute Gasteiger partial charge is 0.0355 e. The summed E-state index contributed by atoms with van der Waals surface area (Å²) in [6.45, 7) is 0. The minimum atomic E-state index is 0.363. The fraction of sp³-hybridized carbons (Fsp3) is 0.0526. The molecule has 0 bridgehead atoms. The lowest BCUT2D eigenvalue weighted by Crippen LogP contribution is -2.18. The third-order valence-corrected chi connectivity index (χ3v) is 4.91. The van der Waals surface area contributed by atoms with Gasteiger partial charge < -0.3 is 0 Å². The number of allylic oxidation sites excluding steroid dienone is 2. The molecule has 0 saturated carbocycles. The molecule has 1 heteroatoms. The van der Waals surface area contributed by atoms with Crippen LogP contribution in [-0.2, 0) is 0 Å². The second-order valence-corrected chi connectivity index (χ2v) is 6.11. The van der Waals surface area contributed by atoms with Gasteiger partial charge in [-0.2, -0.15) is 0 Å². The van der Waals surface area contributed by atoms with Gasteiger partial charge in [0.1, 0.15) is 0 Å². The zero-order valence-corrected chi connectivity index (χ0v) is 11.8. The van der Waals surface area contributed by atoms with Crippen LogP contribution in [0, 0.1) is 0 Å². The van der Waals surface area contributed by atoms with E-state index >= 15 is 0 Å². The van der Waals surface area contributed by atoms with Gasteiger partial charge in [0.25, 0.3) is 0 Å². The molecule has 0 saturated heterocycles. The summed E-state index contributed by atoms with van der Waals surface area (Å²) in [5.74, 6) is 0.363. The molecular formula is C19H14S. The quantitative estimate of drug-likeness (QED) is 0.633. The van der Waals surface area contributed by atoms with Crippen LogP contribution in [-0.4, -0.2) is 0 Å². The minimum Gasteiger partial charge on any atom is -0.135 e. The summed E-state index contributed by atoms with van der Waals surface area (Å²) >= 11 is 1.88. The highest BCUT2D eigenvalue weighted by molar-refractivity contribution is 7.17. The molecule has 0 aliphatic heterocycles. The Balaban J connectivity index is 1.97. The Bertz CT molecular complexity index is 898. The summed E-state index contributed by atoms with van der Waals surface area (Å²) in [6, 6.07) is 19.3. The van der Waals surface area contributed by atoms with Crippen LogP contribution in [0.5, 0.6) is 0 Å². The van der Waals surface area contributed by atoms with Gasteiger partial charge in [0.15, 0.2) is 0 Å². The van der Waals surface area contributed by atoms with Crippen molar-refractivity contribution in [1.82, 2.24) is 0 Å². The Morgan fingerprint density at radius 1 is 0.850 bits per heavy atom. The minimum absolute atomic E-state index is 0.363. The topological polar surface area (TPSA) is 0 Å². The molecule has 96 valence electrons. The number of hydrogen-bond acceptors (Lipinski definition) is 1. The lowest BCUT2D eigenvalue weighted by Gasteiger charge is -2.06. The highest BCUT2D eigenvalue weighted by atomic mass is 32.1. The molecule has 1 heterocycles. The monoisotopic (exact) mass is 274 g/mol. The average molecular weight is 274 g/mol. The van der Waals surface area contributed by atoms with Crippen molar-refractivity contribution in [2.75, 3.05) is 0 Å². The maximum atomic E-state index is 2.38. The van der Waals surface area contributed by atoms with Gasteiger partial charge in [-0.1, -0.05) is 72.8 Å². The summed E-state index contributed by atoms with van der Waals surface area (Å²) in [6.07, 6.45) is 9.10. The first-order valence-electron chi connectivity index (χ1n) is 6.85. The van der Waals surface area contributed by atoms with Gasteiger partial charge in [0.05, 0.1) is 0 Å². The molecule has 1 aliphatic carbocycles. The Labute approximate surface area is 122 Å². The molecule has 1 unspecified atom stereocenters. The van der Waals surface area contributed by atoms with Gasteiger partial charge in [-0.25, -0.2) is 0 Å². The third kappa shape index (κ3) is 1.91. The molecule has 0 fully saturated rings. The molecule has 0 amide bonds. The van der Waals surface area contributed by atoms with Crippen LogP contribution in [0.1, 0.15) is 11.5 Å². The van der Waals surface area contributed by atoms with Crippen molar-refractivity contribution in [1.29, 1.82) is 0 Å². The fourth-order valence-corrected chi connectivity index (χ4v) is 3.93. The molecule has 0 nitrogen and oxygen atoms in total. The van der Waals surface area contributed by atoms with Crippen LogP contribution in [0.4, 0.5) is 0 Å². The van der Waals surface area contributed by atoms with E-state index in [1.807, 2.05) is 11.3 Å². The Morgan fingerprint density at radius 3 is 2.55 bits per heavy atom. The zero-order chi connectivity index (χ0) is 13.4. The normalized spacial score (nSPS) is 17.1. The molecule has 1 aliphatic rings. The second kappa shape index (κ2) is 4.77. The van der Waals surface area contributed by atoms with E-state index in [1.165, 1.54) is 25.4 Å². The van der Waals surface area contributed by atoms with Crippen molar-refractivity contribution in [2.45, 2.75) is 5.92 Å². The number of rotatable bonds is 1. The van der Waals surface area contributed by atoms with Gasteiger partial charge in [-0.05, 0) is 11.6 Å². The first-order chi connectivity index (χ1) is 9.92. The number of benzene rings is 2. The van der Waals surface area contributed by atoms with E-state index in [0.717, 1.165) is 0 Å². The Morgan fingerprint density at radius 2 is 1.65 bits per heavy atom. The van der Waals surface area contributed by atoms with E-state index in [4.69, 9.17) is 0 Å². The fourth-order valence-electron chi connectivity index (χ4n) is 2.75. The SMILES string of the molecule is C1=CC(c2ccccc2)C=c2sc3ccccc3c2=C1. The standard InChI is InChI=1S/C19H14S/c1-2-7-14(8-3-1)15-9-6-11-17-16-10-4-5-12-18(16)20-19(17)13-15/h1-13,15H. The van der Waals surface area contributed by atoms with Crippen LogP contribution < -0.4 is 9.75 Å². The van der Waals surface area contributed by atoms with Crippen molar-refractivity contribution in [3.8, 4) is 0 Å². The highest BCUT2D eigenvalue weighted by Gasteiger charge is 2.08. The van der Waals surface area contributed by atoms with Crippen LogP contribution in [0.2, 0.25) is 0 Å². The molecule has 20 heavy (non-hydrogen) atoms. The molecule has 2 aromatic carbocycles. The molecule has 3 aromatic rings.